The summed E-state index contributed by atoms with van der Waals surface area (Å²) >= 11 is 0. The lowest BCUT2D eigenvalue weighted by atomic mass is 9.85. The van der Waals surface area contributed by atoms with E-state index in [1.54, 1.807) is 0 Å². The minimum Gasteiger partial charge on any atom is -0.466 e. The van der Waals surface area contributed by atoms with Crippen LogP contribution in [0.4, 0.5) is 0 Å². The van der Waals surface area contributed by atoms with E-state index >= 15 is 0 Å². The molecule has 0 aliphatic rings. The van der Waals surface area contributed by atoms with E-state index in [4.69, 9.17) is 9.47 Å². The third-order valence-electron chi connectivity index (χ3n) is 14.1. The van der Waals surface area contributed by atoms with Gasteiger partial charge in [-0.2, -0.15) is 0 Å². The molecule has 2 atom stereocenters. The van der Waals surface area contributed by atoms with Crippen molar-refractivity contribution >= 4 is 11.9 Å². The number of hydrogen-bond acceptors (Lipinski definition) is 6. The molecule has 0 saturated heterocycles. The normalized spacial score (nSPS) is 13.2. The SMILES string of the molecule is CCCCCCCCC(CCCCCC)CC(=O)OCCCCCCC(O)(CCCCCCCOC(=O)CC(CCCCCCC)CCCCCCC)CCCCN(CCC)CCC. The monoisotopic (exact) mass is 906 g/mol. The van der Waals surface area contributed by atoms with Gasteiger partial charge in [0.15, 0.2) is 0 Å². The van der Waals surface area contributed by atoms with Gasteiger partial charge in [-0.15, -0.1) is 0 Å². The molecule has 0 aliphatic carbocycles. The molecule has 0 aromatic carbocycles. The van der Waals surface area contributed by atoms with Gasteiger partial charge in [0.2, 0.25) is 0 Å². The minimum atomic E-state index is -0.590. The highest BCUT2D eigenvalue weighted by molar-refractivity contribution is 5.70. The van der Waals surface area contributed by atoms with Gasteiger partial charge in [0, 0.05) is 12.8 Å². The van der Waals surface area contributed by atoms with Crippen LogP contribution in [0, 0.1) is 11.8 Å². The van der Waals surface area contributed by atoms with Gasteiger partial charge in [0.1, 0.15) is 0 Å². The summed E-state index contributed by atoms with van der Waals surface area (Å²) in [4.78, 5) is 28.3. The van der Waals surface area contributed by atoms with E-state index in [1.165, 1.54) is 180 Å². The number of rotatable bonds is 52. The molecule has 0 aliphatic heterocycles. The number of aliphatic hydroxyl groups is 1. The highest BCUT2D eigenvalue weighted by atomic mass is 16.5. The Bertz CT molecular complexity index is 954. The van der Waals surface area contributed by atoms with Crippen LogP contribution in [-0.4, -0.2) is 60.4 Å². The molecule has 0 rings (SSSR count). The number of carbonyl (C=O) groups is 2. The Balaban J connectivity index is 4.74. The van der Waals surface area contributed by atoms with Crippen molar-refractivity contribution in [3.05, 3.63) is 0 Å². The quantitative estimate of drug-likeness (QED) is 0.0484. The molecule has 382 valence electrons. The average molecular weight is 907 g/mol. The van der Waals surface area contributed by atoms with E-state index in [0.29, 0.717) is 37.9 Å². The molecular formula is C58H115NO5. The zero-order chi connectivity index (χ0) is 47.0. The van der Waals surface area contributed by atoms with Crippen molar-refractivity contribution in [1.82, 2.24) is 4.90 Å². The summed E-state index contributed by atoms with van der Waals surface area (Å²) in [6.07, 6.45) is 48.4. The zero-order valence-electron chi connectivity index (χ0n) is 44.4. The summed E-state index contributed by atoms with van der Waals surface area (Å²) in [5, 5.41) is 12.0. The molecule has 2 unspecified atom stereocenters. The van der Waals surface area contributed by atoms with E-state index < -0.39 is 5.60 Å². The maximum atomic E-state index is 12.9. The van der Waals surface area contributed by atoms with Crippen molar-refractivity contribution < 1.29 is 24.2 Å². The van der Waals surface area contributed by atoms with Crippen molar-refractivity contribution in [2.75, 3.05) is 32.8 Å². The van der Waals surface area contributed by atoms with Gasteiger partial charge in [-0.25, -0.2) is 0 Å². The van der Waals surface area contributed by atoms with Crippen LogP contribution in [0.1, 0.15) is 311 Å². The van der Waals surface area contributed by atoms with Gasteiger partial charge < -0.3 is 19.5 Å². The first-order valence-electron chi connectivity index (χ1n) is 29.0. The fourth-order valence-electron chi connectivity index (χ4n) is 9.93. The second-order valence-electron chi connectivity index (χ2n) is 20.6. The summed E-state index contributed by atoms with van der Waals surface area (Å²) < 4.78 is 11.6. The molecule has 0 fully saturated rings. The lowest BCUT2D eigenvalue weighted by Gasteiger charge is -2.29. The summed E-state index contributed by atoms with van der Waals surface area (Å²) in [6, 6.07) is 0. The van der Waals surface area contributed by atoms with E-state index in [9.17, 15) is 14.7 Å². The van der Waals surface area contributed by atoms with Crippen LogP contribution in [0.2, 0.25) is 0 Å². The van der Waals surface area contributed by atoms with Crippen LogP contribution in [-0.2, 0) is 19.1 Å². The van der Waals surface area contributed by atoms with E-state index in [-0.39, 0.29) is 11.9 Å². The minimum absolute atomic E-state index is 0.00838. The van der Waals surface area contributed by atoms with Crippen molar-refractivity contribution in [2.24, 2.45) is 11.8 Å². The molecule has 1 N–H and O–H groups in total. The van der Waals surface area contributed by atoms with E-state index in [0.717, 1.165) is 96.4 Å². The van der Waals surface area contributed by atoms with Crippen molar-refractivity contribution in [1.29, 1.82) is 0 Å². The van der Waals surface area contributed by atoms with Crippen molar-refractivity contribution in [3.8, 4) is 0 Å². The van der Waals surface area contributed by atoms with Gasteiger partial charge >= 0.3 is 11.9 Å². The Morgan fingerprint density at radius 3 is 1.03 bits per heavy atom. The summed E-state index contributed by atoms with van der Waals surface area (Å²) in [5.41, 5.74) is -0.590. The largest absolute Gasteiger partial charge is 0.466 e. The number of carbonyl (C=O) groups excluding carboxylic acids is 2. The van der Waals surface area contributed by atoms with Crippen LogP contribution in [0.5, 0.6) is 0 Å². The first kappa shape index (κ1) is 62.9. The van der Waals surface area contributed by atoms with Gasteiger partial charge in [-0.05, 0) is 115 Å². The molecule has 0 aromatic rings. The Morgan fingerprint density at radius 1 is 0.375 bits per heavy atom. The Morgan fingerprint density at radius 2 is 0.672 bits per heavy atom. The fourth-order valence-corrected chi connectivity index (χ4v) is 9.93. The van der Waals surface area contributed by atoms with E-state index in [2.05, 4.69) is 46.4 Å². The summed E-state index contributed by atoms with van der Waals surface area (Å²) in [6.45, 7) is 18.2. The second-order valence-corrected chi connectivity index (χ2v) is 20.6. The molecule has 0 aromatic heterocycles. The second kappa shape index (κ2) is 48.3. The molecule has 64 heavy (non-hydrogen) atoms. The number of esters is 2. The van der Waals surface area contributed by atoms with Crippen molar-refractivity contribution in [3.63, 3.8) is 0 Å². The Labute approximate surface area is 401 Å². The summed E-state index contributed by atoms with van der Waals surface area (Å²) in [7, 11) is 0. The van der Waals surface area contributed by atoms with Gasteiger partial charge in [-0.3, -0.25) is 9.59 Å². The topological polar surface area (TPSA) is 76.1 Å². The maximum absolute atomic E-state index is 12.9. The fraction of sp³-hybridized carbons (Fsp3) is 0.966. The molecule has 0 spiro atoms. The van der Waals surface area contributed by atoms with Gasteiger partial charge in [0.25, 0.3) is 0 Å². The summed E-state index contributed by atoms with van der Waals surface area (Å²) in [5.74, 6) is 0.986. The molecule has 0 radical (unpaired) electrons. The molecule has 0 saturated carbocycles. The molecule has 0 amide bonds. The molecule has 6 heteroatoms. The smallest absolute Gasteiger partial charge is 0.306 e. The highest BCUT2D eigenvalue weighted by Crippen LogP contribution is 2.29. The highest BCUT2D eigenvalue weighted by Gasteiger charge is 2.25. The first-order valence-corrected chi connectivity index (χ1v) is 29.0. The average Bonchev–Trinajstić information content (AvgIpc) is 3.28. The third-order valence-corrected chi connectivity index (χ3v) is 14.1. The number of unbranched alkanes of at least 4 members (excludes halogenated alkanes) is 24. The van der Waals surface area contributed by atoms with Gasteiger partial charge in [0.05, 0.1) is 18.8 Å². The lowest BCUT2D eigenvalue weighted by molar-refractivity contribution is -0.146. The third kappa shape index (κ3) is 42.2. The van der Waals surface area contributed by atoms with Crippen LogP contribution >= 0.6 is 0 Å². The number of ether oxygens (including phenoxy) is 2. The number of hydrogen-bond donors (Lipinski definition) is 1. The molecule has 6 nitrogen and oxygen atoms in total. The van der Waals surface area contributed by atoms with E-state index in [1.807, 2.05) is 0 Å². The van der Waals surface area contributed by atoms with Crippen LogP contribution in [0.25, 0.3) is 0 Å². The maximum Gasteiger partial charge on any atom is 0.306 e. The van der Waals surface area contributed by atoms with Crippen LogP contribution < -0.4 is 0 Å². The zero-order valence-corrected chi connectivity index (χ0v) is 44.4. The first-order chi connectivity index (χ1) is 31.3. The Hall–Kier alpha value is -1.14. The van der Waals surface area contributed by atoms with Crippen LogP contribution in [0.3, 0.4) is 0 Å². The van der Waals surface area contributed by atoms with Crippen molar-refractivity contribution in [2.45, 2.75) is 317 Å². The standard InChI is InChI=1S/C58H115NO5/c1-7-13-17-21-25-33-43-54(40-30-20-16-10-4)52-56(60)64-51-39-29-27-35-45-58(62,46-36-37-49-59(47-11-5)48-12-6)44-34-26-22-28-38-50-63-57(61)53-55(41-31-23-18-14-8-2)42-32-24-19-15-9-3/h54-55,62H,7-53H2,1-6H3. The van der Waals surface area contributed by atoms with Gasteiger partial charge in [-0.1, -0.05) is 215 Å². The lowest BCUT2D eigenvalue weighted by Crippen LogP contribution is -2.30. The predicted octanol–water partition coefficient (Wildman–Crippen LogP) is 17.8. The molecule has 0 bridgehead atoms. The predicted molar refractivity (Wildman–Crippen MR) is 278 cm³/mol. The molecule has 0 heterocycles. The number of nitrogens with zero attached hydrogens (tertiary/aromatic N) is 1. The Kier molecular flexibility index (Phi) is 47.5. The van der Waals surface area contributed by atoms with Crippen LogP contribution in [0.15, 0.2) is 0 Å². The molecular weight excluding hydrogens is 791 g/mol.